The average Bonchev–Trinajstić information content (AvgIpc) is 3.51. The minimum atomic E-state index is -1.12. The summed E-state index contributed by atoms with van der Waals surface area (Å²) in [6, 6.07) is 7.90. The lowest BCUT2D eigenvalue weighted by Gasteiger charge is -2.43. The molecule has 1 heterocycles. The smallest absolute Gasteiger partial charge is 0.310 e. The lowest BCUT2D eigenvalue weighted by atomic mass is 9.72. The van der Waals surface area contributed by atoms with Gasteiger partial charge in [0.2, 0.25) is 5.88 Å². The number of hydrogen-bond donors (Lipinski definition) is 2. The van der Waals surface area contributed by atoms with Crippen molar-refractivity contribution in [1.29, 1.82) is 0 Å². The van der Waals surface area contributed by atoms with E-state index in [4.69, 9.17) is 14.2 Å². The van der Waals surface area contributed by atoms with Gasteiger partial charge in [0.05, 0.1) is 24.2 Å². The number of benzene rings is 2. The fraction of sp³-hybridized carbons (Fsp3) is 0.500. The molecular formula is C36H41F2NO6. The molecule has 9 heteroatoms. The normalized spacial score (nSPS) is 24.6. The first-order chi connectivity index (χ1) is 21.1. The van der Waals surface area contributed by atoms with Crippen LogP contribution >= 0.6 is 0 Å². The van der Waals surface area contributed by atoms with E-state index in [1.54, 1.807) is 13.1 Å². The van der Waals surface area contributed by atoms with Gasteiger partial charge in [-0.05, 0) is 119 Å². The van der Waals surface area contributed by atoms with Gasteiger partial charge in [-0.15, -0.1) is 0 Å². The third-order valence-corrected chi connectivity index (χ3v) is 9.55. The Bertz CT molecular complexity index is 1620. The summed E-state index contributed by atoms with van der Waals surface area (Å²) in [5.74, 6) is -0.385. The van der Waals surface area contributed by atoms with Crippen molar-refractivity contribution in [2.45, 2.75) is 90.6 Å². The van der Waals surface area contributed by atoms with E-state index in [2.05, 4.69) is 4.98 Å². The van der Waals surface area contributed by atoms with Crippen molar-refractivity contribution in [2.24, 2.45) is 17.8 Å². The predicted molar refractivity (Wildman–Crippen MR) is 164 cm³/mol. The number of carbonyl (C=O) groups is 1. The molecular weight excluding hydrogens is 580 g/mol. The molecule has 0 amide bonds. The molecule has 6 rings (SSSR count). The Morgan fingerprint density at radius 2 is 1.71 bits per heavy atom. The molecule has 2 saturated carbocycles. The monoisotopic (exact) mass is 621 g/mol. The van der Waals surface area contributed by atoms with Gasteiger partial charge < -0.3 is 24.4 Å². The average molecular weight is 622 g/mol. The number of nitrogens with zero attached hydrogens (tertiary/aromatic N) is 1. The number of hydrogen-bond acceptors (Lipinski definition) is 7. The van der Waals surface area contributed by atoms with E-state index in [0.29, 0.717) is 30.0 Å². The number of carbonyl (C=O) groups excluding carboxylic acids is 1. The summed E-state index contributed by atoms with van der Waals surface area (Å²) >= 11 is 0. The van der Waals surface area contributed by atoms with Gasteiger partial charge in [0.15, 0.2) is 0 Å². The quantitative estimate of drug-likeness (QED) is 0.269. The van der Waals surface area contributed by atoms with Crippen LogP contribution in [0.4, 0.5) is 8.78 Å². The second kappa shape index (κ2) is 11.4. The summed E-state index contributed by atoms with van der Waals surface area (Å²) in [6.07, 6.45) is 3.67. The van der Waals surface area contributed by atoms with Gasteiger partial charge in [0, 0.05) is 35.4 Å². The van der Waals surface area contributed by atoms with Gasteiger partial charge in [0.25, 0.3) is 0 Å². The Hall–Kier alpha value is -3.56. The molecule has 4 atom stereocenters. The molecule has 240 valence electrons. The third kappa shape index (κ3) is 6.17. The predicted octanol–water partition coefficient (Wildman–Crippen LogP) is 6.35. The number of esters is 1. The van der Waals surface area contributed by atoms with Crippen molar-refractivity contribution < 1.29 is 38.0 Å². The first kappa shape index (κ1) is 31.4. The summed E-state index contributed by atoms with van der Waals surface area (Å²) in [4.78, 5) is 17.0. The molecule has 0 unspecified atom stereocenters. The highest BCUT2D eigenvalue weighted by atomic mass is 19.1. The Labute approximate surface area is 262 Å². The minimum absolute atomic E-state index is 0.0305. The molecule has 1 aromatic heterocycles. The number of pyridine rings is 1. The van der Waals surface area contributed by atoms with E-state index in [0.717, 1.165) is 34.7 Å². The molecule has 0 aliphatic heterocycles. The molecule has 2 aromatic carbocycles. The molecule has 0 bridgehead atoms. The van der Waals surface area contributed by atoms with Gasteiger partial charge in [-0.1, -0.05) is 0 Å². The molecule has 3 aliphatic carbocycles. The number of aryl methyl sites for hydroxylation is 2. The van der Waals surface area contributed by atoms with Crippen molar-refractivity contribution in [1.82, 2.24) is 4.98 Å². The van der Waals surface area contributed by atoms with Crippen molar-refractivity contribution in [3.8, 4) is 22.8 Å². The van der Waals surface area contributed by atoms with E-state index in [1.165, 1.54) is 6.07 Å². The highest BCUT2D eigenvalue weighted by Crippen LogP contribution is 2.62. The summed E-state index contributed by atoms with van der Waals surface area (Å²) < 4.78 is 47.7. The zero-order valence-corrected chi connectivity index (χ0v) is 26.6. The maximum Gasteiger partial charge on any atom is 0.310 e. The van der Waals surface area contributed by atoms with E-state index >= 15 is 4.39 Å². The van der Waals surface area contributed by atoms with E-state index in [-0.39, 0.29) is 60.1 Å². The zero-order valence-electron chi connectivity index (χ0n) is 26.6. The van der Waals surface area contributed by atoms with Crippen LogP contribution in [0.25, 0.3) is 11.1 Å². The number of aliphatic hydroxyl groups is 2. The van der Waals surface area contributed by atoms with Crippen LogP contribution < -0.4 is 9.47 Å². The number of aliphatic hydroxyl groups excluding tert-OH is 1. The van der Waals surface area contributed by atoms with Crippen molar-refractivity contribution in [3.05, 3.63) is 76.0 Å². The van der Waals surface area contributed by atoms with Gasteiger partial charge in [-0.25, -0.2) is 13.8 Å². The van der Waals surface area contributed by atoms with Crippen LogP contribution in [0.1, 0.15) is 74.3 Å². The van der Waals surface area contributed by atoms with Crippen LogP contribution in [0.2, 0.25) is 0 Å². The van der Waals surface area contributed by atoms with Gasteiger partial charge in [-0.3, -0.25) is 4.79 Å². The molecule has 0 spiro atoms. The summed E-state index contributed by atoms with van der Waals surface area (Å²) in [6.45, 7) is 10.5. The maximum absolute atomic E-state index is 15.2. The molecule has 2 N–H and O–H groups in total. The van der Waals surface area contributed by atoms with Gasteiger partial charge in [0.1, 0.15) is 29.6 Å². The molecule has 0 radical (unpaired) electrons. The fourth-order valence-electron chi connectivity index (χ4n) is 6.99. The first-order valence-electron chi connectivity index (χ1n) is 15.6. The van der Waals surface area contributed by atoms with E-state index < -0.39 is 22.8 Å². The molecule has 0 saturated heterocycles. The van der Waals surface area contributed by atoms with Crippen molar-refractivity contribution in [2.75, 3.05) is 6.61 Å². The summed E-state index contributed by atoms with van der Waals surface area (Å²) in [5, 5.41) is 19.6. The Morgan fingerprint density at radius 3 is 2.36 bits per heavy atom. The summed E-state index contributed by atoms with van der Waals surface area (Å²) in [7, 11) is 0. The van der Waals surface area contributed by atoms with Crippen LogP contribution in [-0.2, 0) is 22.6 Å². The lowest BCUT2D eigenvalue weighted by Crippen LogP contribution is -2.49. The minimum Gasteiger partial charge on any atom is -0.490 e. The highest BCUT2D eigenvalue weighted by Gasteiger charge is 2.61. The Kier molecular flexibility index (Phi) is 7.93. The topological polar surface area (TPSA) is 98.1 Å². The van der Waals surface area contributed by atoms with Crippen molar-refractivity contribution >= 4 is 5.97 Å². The SMILES string of the molecule is Cc1cc(OC2CC([C@](C)(O)CO)C2)cc(C)c1-c1cc(COc2cc3c(cn2)[C@H]2[C@@H](C3)[C@@H]2C(=O)OC(C)(C)C)c(F)cc1F. The third-order valence-electron chi connectivity index (χ3n) is 9.55. The molecule has 2 fully saturated rings. The second-order valence-corrected chi connectivity index (χ2v) is 14.2. The number of ether oxygens (including phenoxy) is 3. The number of halogens is 2. The van der Waals surface area contributed by atoms with Crippen molar-refractivity contribution in [3.63, 3.8) is 0 Å². The first-order valence-corrected chi connectivity index (χ1v) is 15.6. The Morgan fingerprint density at radius 1 is 1.02 bits per heavy atom. The molecule has 3 aliphatic rings. The largest absolute Gasteiger partial charge is 0.490 e. The summed E-state index contributed by atoms with van der Waals surface area (Å²) in [5.41, 5.74) is 3.15. The standard InChI is InChI=1S/C36H41F2NO6/c1-18-7-23(44-24-12-22(13-24)36(6,42)17-40)8-19(2)31(18)25-10-21(28(37)14-29(25)38)16-43-30-11-20-9-26-32(27(20)15-39-30)33(26)34(41)45-35(3,4)5/h7-8,10-11,14-15,22,24,26,32-33,40,42H,9,12-13,16-17H2,1-6H3/t22?,24?,26-,32-,33+,36-/m1/s1. The van der Waals surface area contributed by atoms with Gasteiger partial charge in [-0.2, -0.15) is 0 Å². The molecule has 7 nitrogen and oxygen atoms in total. The van der Waals surface area contributed by atoms with E-state index in [9.17, 15) is 19.4 Å². The van der Waals surface area contributed by atoms with Gasteiger partial charge >= 0.3 is 5.97 Å². The number of rotatable bonds is 9. The van der Waals surface area contributed by atoms with Crippen LogP contribution in [0.5, 0.6) is 11.6 Å². The fourth-order valence-corrected chi connectivity index (χ4v) is 6.99. The molecule has 3 aromatic rings. The second-order valence-electron chi connectivity index (χ2n) is 14.2. The Balaban J connectivity index is 1.13. The number of fused-ring (bicyclic) bond motifs is 3. The van der Waals surface area contributed by atoms with E-state index in [1.807, 2.05) is 52.8 Å². The van der Waals surface area contributed by atoms with Crippen LogP contribution in [0.15, 0.2) is 36.5 Å². The maximum atomic E-state index is 15.2. The van der Waals surface area contributed by atoms with Crippen LogP contribution in [0.3, 0.4) is 0 Å². The number of aromatic nitrogens is 1. The highest BCUT2D eigenvalue weighted by molar-refractivity contribution is 5.80. The van der Waals surface area contributed by atoms with Crippen LogP contribution in [0, 0.1) is 43.2 Å². The van der Waals surface area contributed by atoms with Crippen LogP contribution in [-0.4, -0.2) is 45.1 Å². The molecule has 45 heavy (non-hydrogen) atoms. The lowest BCUT2D eigenvalue weighted by molar-refractivity contribution is -0.157. The zero-order chi connectivity index (χ0) is 32.4.